The van der Waals surface area contributed by atoms with Crippen LogP contribution in [0.2, 0.25) is 0 Å². The molecular weight excluding hydrogens is 274 g/mol. The van der Waals surface area contributed by atoms with Crippen LogP contribution in [-0.2, 0) is 19.1 Å². The first-order chi connectivity index (χ1) is 9.45. The lowest BCUT2D eigenvalue weighted by molar-refractivity contribution is -0.137. The van der Waals surface area contributed by atoms with E-state index in [0.29, 0.717) is 19.0 Å². The van der Waals surface area contributed by atoms with E-state index in [9.17, 15) is 17.6 Å². The highest BCUT2D eigenvalue weighted by Crippen LogP contribution is 2.30. The van der Waals surface area contributed by atoms with Crippen LogP contribution in [0.1, 0.15) is 16.9 Å². The molecule has 0 fully saturated rings. The van der Waals surface area contributed by atoms with Crippen molar-refractivity contribution in [3.8, 4) is 0 Å². The van der Waals surface area contributed by atoms with E-state index in [1.807, 2.05) is 6.07 Å². The second-order valence-corrected chi connectivity index (χ2v) is 4.35. The molecule has 0 saturated carbocycles. The highest BCUT2D eigenvalue weighted by atomic mass is 19.4. The van der Waals surface area contributed by atoms with E-state index in [0.717, 1.165) is 17.9 Å². The summed E-state index contributed by atoms with van der Waals surface area (Å²) in [6, 6.07) is 6.10. The Morgan fingerprint density at radius 2 is 1.95 bits per heavy atom. The van der Waals surface area contributed by atoms with Crippen LogP contribution >= 0.6 is 0 Å². The molecule has 0 bridgehead atoms. The van der Waals surface area contributed by atoms with E-state index in [-0.39, 0.29) is 12.1 Å². The monoisotopic (exact) mass is 287 g/mol. The summed E-state index contributed by atoms with van der Waals surface area (Å²) in [6.07, 6.45) is -2.36. The van der Waals surface area contributed by atoms with Crippen LogP contribution in [0.4, 0.5) is 17.6 Å². The SMILES string of the molecule is Fc1cc(CNCCc2ccco2)cc(C(F)(F)F)c1. The van der Waals surface area contributed by atoms with Crippen molar-refractivity contribution in [1.29, 1.82) is 0 Å². The Kier molecular flexibility index (Phi) is 4.44. The first-order valence-electron chi connectivity index (χ1n) is 6.05. The fourth-order valence-electron chi connectivity index (χ4n) is 1.82. The van der Waals surface area contributed by atoms with Crippen LogP contribution < -0.4 is 5.32 Å². The van der Waals surface area contributed by atoms with Crippen molar-refractivity contribution in [2.75, 3.05) is 6.54 Å². The van der Waals surface area contributed by atoms with Crippen LogP contribution in [0.15, 0.2) is 41.0 Å². The molecule has 0 spiro atoms. The smallest absolute Gasteiger partial charge is 0.416 e. The summed E-state index contributed by atoms with van der Waals surface area (Å²) in [5, 5.41) is 2.95. The van der Waals surface area contributed by atoms with Crippen LogP contribution in [-0.4, -0.2) is 6.54 Å². The average molecular weight is 287 g/mol. The lowest BCUT2D eigenvalue weighted by atomic mass is 10.1. The maximum absolute atomic E-state index is 13.1. The lowest BCUT2D eigenvalue weighted by Crippen LogP contribution is -2.17. The van der Waals surface area contributed by atoms with Gasteiger partial charge in [0.15, 0.2) is 0 Å². The van der Waals surface area contributed by atoms with Gasteiger partial charge in [0.2, 0.25) is 0 Å². The fraction of sp³-hybridized carbons (Fsp3) is 0.286. The van der Waals surface area contributed by atoms with Gasteiger partial charge >= 0.3 is 6.18 Å². The van der Waals surface area contributed by atoms with Gasteiger partial charge in [-0.2, -0.15) is 13.2 Å². The number of alkyl halides is 3. The third kappa shape index (κ3) is 4.09. The van der Waals surface area contributed by atoms with Crippen molar-refractivity contribution in [2.45, 2.75) is 19.1 Å². The van der Waals surface area contributed by atoms with Gasteiger partial charge in [0, 0.05) is 19.5 Å². The van der Waals surface area contributed by atoms with Gasteiger partial charge in [0.25, 0.3) is 0 Å². The quantitative estimate of drug-likeness (QED) is 0.669. The maximum Gasteiger partial charge on any atom is 0.416 e. The molecule has 6 heteroatoms. The fourth-order valence-corrected chi connectivity index (χ4v) is 1.82. The molecule has 0 aliphatic carbocycles. The number of hydrogen-bond donors (Lipinski definition) is 1. The maximum atomic E-state index is 13.1. The van der Waals surface area contributed by atoms with Crippen LogP contribution in [0.5, 0.6) is 0 Å². The minimum atomic E-state index is -4.54. The number of benzene rings is 1. The first-order valence-corrected chi connectivity index (χ1v) is 6.05. The molecule has 1 N–H and O–H groups in total. The zero-order valence-electron chi connectivity index (χ0n) is 10.5. The van der Waals surface area contributed by atoms with Crippen molar-refractivity contribution in [3.05, 3.63) is 59.3 Å². The van der Waals surface area contributed by atoms with Crippen molar-refractivity contribution in [2.24, 2.45) is 0 Å². The van der Waals surface area contributed by atoms with Gasteiger partial charge in [-0.05, 0) is 35.9 Å². The predicted octanol–water partition coefficient (Wildman–Crippen LogP) is 3.77. The molecule has 0 amide bonds. The van der Waals surface area contributed by atoms with E-state index < -0.39 is 17.6 Å². The van der Waals surface area contributed by atoms with Gasteiger partial charge < -0.3 is 9.73 Å². The van der Waals surface area contributed by atoms with Gasteiger partial charge in [-0.1, -0.05) is 0 Å². The normalized spacial score (nSPS) is 11.8. The molecule has 2 aromatic rings. The van der Waals surface area contributed by atoms with Gasteiger partial charge in [-0.3, -0.25) is 0 Å². The van der Waals surface area contributed by atoms with Crippen LogP contribution in [0.3, 0.4) is 0 Å². The molecule has 1 heterocycles. The number of nitrogens with one attached hydrogen (secondary N) is 1. The molecule has 1 aromatic heterocycles. The standard InChI is InChI=1S/C14H13F4NO/c15-12-7-10(6-11(8-12)14(16,17)18)9-19-4-3-13-2-1-5-20-13/h1-2,5-8,19H,3-4,9H2. The lowest BCUT2D eigenvalue weighted by Gasteiger charge is -2.10. The summed E-state index contributed by atoms with van der Waals surface area (Å²) in [6.45, 7) is 0.701. The van der Waals surface area contributed by atoms with Gasteiger partial charge in [-0.25, -0.2) is 4.39 Å². The molecule has 0 unspecified atom stereocenters. The summed E-state index contributed by atoms with van der Waals surface area (Å²) in [4.78, 5) is 0. The van der Waals surface area contributed by atoms with E-state index >= 15 is 0 Å². The summed E-state index contributed by atoms with van der Waals surface area (Å²) in [5.74, 6) is -0.101. The van der Waals surface area contributed by atoms with E-state index in [1.165, 1.54) is 0 Å². The zero-order valence-corrected chi connectivity index (χ0v) is 10.5. The summed E-state index contributed by atoms with van der Waals surface area (Å²) in [5.41, 5.74) is -0.711. The zero-order chi connectivity index (χ0) is 14.6. The topological polar surface area (TPSA) is 25.2 Å². The molecule has 1 aromatic carbocycles. The van der Waals surface area contributed by atoms with Crippen molar-refractivity contribution in [1.82, 2.24) is 5.32 Å². The largest absolute Gasteiger partial charge is 0.469 e. The molecule has 0 atom stereocenters. The molecule has 0 aliphatic rings. The summed E-state index contributed by atoms with van der Waals surface area (Å²) < 4.78 is 55.8. The highest BCUT2D eigenvalue weighted by Gasteiger charge is 2.31. The second-order valence-electron chi connectivity index (χ2n) is 4.35. The van der Waals surface area contributed by atoms with Crippen LogP contribution in [0, 0.1) is 5.82 Å². The van der Waals surface area contributed by atoms with Crippen molar-refractivity contribution in [3.63, 3.8) is 0 Å². The van der Waals surface area contributed by atoms with E-state index in [4.69, 9.17) is 4.42 Å². The summed E-state index contributed by atoms with van der Waals surface area (Å²) in [7, 11) is 0. The third-order valence-corrected chi connectivity index (χ3v) is 2.74. The first kappa shape index (κ1) is 14.6. The molecule has 2 rings (SSSR count). The Morgan fingerprint density at radius 3 is 2.60 bits per heavy atom. The third-order valence-electron chi connectivity index (χ3n) is 2.74. The van der Waals surface area contributed by atoms with Gasteiger partial charge in [0.1, 0.15) is 11.6 Å². The molecule has 20 heavy (non-hydrogen) atoms. The Morgan fingerprint density at radius 1 is 1.15 bits per heavy atom. The number of rotatable bonds is 5. The Hall–Kier alpha value is -1.82. The van der Waals surface area contributed by atoms with Gasteiger partial charge in [0.05, 0.1) is 11.8 Å². The Balaban J connectivity index is 1.91. The summed E-state index contributed by atoms with van der Waals surface area (Å²) >= 11 is 0. The number of hydrogen-bond acceptors (Lipinski definition) is 2. The average Bonchev–Trinajstić information content (AvgIpc) is 2.86. The predicted molar refractivity (Wildman–Crippen MR) is 65.5 cm³/mol. The van der Waals surface area contributed by atoms with E-state index in [2.05, 4.69) is 5.32 Å². The second kappa shape index (κ2) is 6.09. The minimum absolute atomic E-state index is 0.168. The highest BCUT2D eigenvalue weighted by molar-refractivity contribution is 5.26. The van der Waals surface area contributed by atoms with Gasteiger partial charge in [-0.15, -0.1) is 0 Å². The molecule has 0 saturated heterocycles. The molecule has 0 aliphatic heterocycles. The Bertz CT molecular complexity index is 549. The molecule has 108 valence electrons. The van der Waals surface area contributed by atoms with Crippen LogP contribution in [0.25, 0.3) is 0 Å². The minimum Gasteiger partial charge on any atom is -0.469 e. The number of furan rings is 1. The van der Waals surface area contributed by atoms with Crippen molar-refractivity contribution < 1.29 is 22.0 Å². The van der Waals surface area contributed by atoms with E-state index in [1.54, 1.807) is 12.3 Å². The molecule has 2 nitrogen and oxygen atoms in total. The molecule has 0 radical (unpaired) electrons. The number of halogens is 4. The molecular formula is C14H13F4NO. The van der Waals surface area contributed by atoms with Crippen molar-refractivity contribution >= 4 is 0 Å². The Labute approximate surface area is 113 Å².